The van der Waals surface area contributed by atoms with Crippen molar-refractivity contribution in [3.05, 3.63) is 41.5 Å². The van der Waals surface area contributed by atoms with E-state index >= 15 is 0 Å². The molecule has 0 amide bonds. The zero-order valence-corrected chi connectivity index (χ0v) is 15.6. The van der Waals surface area contributed by atoms with Crippen molar-refractivity contribution in [2.24, 2.45) is 0 Å². The van der Waals surface area contributed by atoms with E-state index in [0.717, 1.165) is 0 Å². The van der Waals surface area contributed by atoms with E-state index in [4.69, 9.17) is 14.2 Å². The predicted molar refractivity (Wildman–Crippen MR) is 99.3 cm³/mol. The van der Waals surface area contributed by atoms with Crippen LogP contribution in [0.3, 0.4) is 0 Å². The minimum atomic E-state index is -1.41. The Kier molecular flexibility index (Phi) is 5.35. The SMILES string of the molecule is OC[C@H]1O[C@H](Oc2cc(O)c3c(c2)O[C@H](c2ccc(O)c(O)c2)[C@@H](O)C3)[C@@H](O)[C@H]1O. The van der Waals surface area contributed by atoms with E-state index in [-0.39, 0.29) is 35.2 Å². The first kappa shape index (κ1) is 20.5. The molecule has 0 aromatic heterocycles. The Morgan fingerprint density at radius 3 is 2.37 bits per heavy atom. The summed E-state index contributed by atoms with van der Waals surface area (Å²) in [6.07, 6.45) is -6.86. The van der Waals surface area contributed by atoms with Gasteiger partial charge in [-0.05, 0) is 17.7 Å². The lowest BCUT2D eigenvalue weighted by Crippen LogP contribution is -2.35. The Hall–Kier alpha value is -2.76. The zero-order valence-electron chi connectivity index (χ0n) is 15.6. The molecule has 10 nitrogen and oxygen atoms in total. The molecule has 4 rings (SSSR count). The Bertz CT molecular complexity index is 932. The third-order valence-electron chi connectivity index (χ3n) is 5.25. The smallest absolute Gasteiger partial charge is 0.229 e. The molecule has 30 heavy (non-hydrogen) atoms. The maximum atomic E-state index is 10.5. The Morgan fingerprint density at radius 1 is 0.933 bits per heavy atom. The fourth-order valence-electron chi connectivity index (χ4n) is 3.62. The van der Waals surface area contributed by atoms with Gasteiger partial charge in [0.2, 0.25) is 6.29 Å². The van der Waals surface area contributed by atoms with E-state index < -0.39 is 43.4 Å². The molecular weight excluding hydrogens is 400 g/mol. The van der Waals surface area contributed by atoms with Gasteiger partial charge in [0, 0.05) is 24.1 Å². The molecule has 1 saturated heterocycles. The van der Waals surface area contributed by atoms with Gasteiger partial charge in [0.15, 0.2) is 11.5 Å². The van der Waals surface area contributed by atoms with Gasteiger partial charge in [0.25, 0.3) is 0 Å². The molecule has 0 unspecified atom stereocenters. The molecule has 162 valence electrons. The maximum absolute atomic E-state index is 10.5. The summed E-state index contributed by atoms with van der Waals surface area (Å²) in [7, 11) is 0. The highest BCUT2D eigenvalue weighted by atomic mass is 16.7. The molecule has 0 aliphatic carbocycles. The molecule has 0 bridgehead atoms. The summed E-state index contributed by atoms with van der Waals surface area (Å²) in [5.41, 5.74) is 0.757. The first-order chi connectivity index (χ1) is 14.3. The number of phenols is 3. The lowest BCUT2D eigenvalue weighted by atomic mass is 9.94. The van der Waals surface area contributed by atoms with Crippen LogP contribution in [0.5, 0.6) is 28.7 Å². The molecule has 2 aromatic carbocycles. The van der Waals surface area contributed by atoms with Crippen LogP contribution in [0, 0.1) is 0 Å². The molecule has 6 atom stereocenters. The van der Waals surface area contributed by atoms with E-state index in [0.29, 0.717) is 11.1 Å². The van der Waals surface area contributed by atoms with E-state index in [1.54, 1.807) is 0 Å². The number of rotatable bonds is 4. The minimum absolute atomic E-state index is 0.0571. The number of hydrogen-bond acceptors (Lipinski definition) is 10. The summed E-state index contributed by atoms with van der Waals surface area (Å²) in [6.45, 7) is -0.504. The summed E-state index contributed by atoms with van der Waals surface area (Å²) in [5.74, 6) is -0.598. The van der Waals surface area contributed by atoms with Gasteiger partial charge in [-0.2, -0.15) is 0 Å². The standard InChI is InChI=1S/C20H22O10/c21-7-16-17(26)18(27)20(30-16)28-9-4-12(23)10-6-14(25)19(29-15(10)5-9)8-1-2-11(22)13(24)3-8/h1-5,14,16-27H,6-7H2/t14-,16+,17-,18-,19+,20-/m0/s1. The molecule has 0 saturated carbocycles. The van der Waals surface area contributed by atoms with Crippen molar-refractivity contribution in [2.45, 2.75) is 43.2 Å². The molecule has 2 aromatic rings. The first-order valence-electron chi connectivity index (χ1n) is 9.30. The Morgan fingerprint density at radius 2 is 1.70 bits per heavy atom. The summed E-state index contributed by atoms with van der Waals surface area (Å²) in [4.78, 5) is 0. The first-order valence-corrected chi connectivity index (χ1v) is 9.30. The van der Waals surface area contributed by atoms with Crippen molar-refractivity contribution >= 4 is 0 Å². The van der Waals surface area contributed by atoms with Gasteiger partial charge >= 0.3 is 0 Å². The van der Waals surface area contributed by atoms with Crippen LogP contribution in [0.4, 0.5) is 0 Å². The largest absolute Gasteiger partial charge is 0.507 e. The highest BCUT2D eigenvalue weighted by Gasteiger charge is 2.44. The lowest BCUT2D eigenvalue weighted by molar-refractivity contribution is -0.116. The number of ether oxygens (including phenoxy) is 3. The zero-order chi connectivity index (χ0) is 21.6. The van der Waals surface area contributed by atoms with Crippen molar-refractivity contribution in [1.82, 2.24) is 0 Å². The van der Waals surface area contributed by atoms with Crippen LogP contribution in [-0.4, -0.2) is 73.1 Å². The van der Waals surface area contributed by atoms with E-state index in [9.17, 15) is 35.7 Å². The number of aromatic hydroxyl groups is 3. The molecule has 7 N–H and O–H groups in total. The highest BCUT2D eigenvalue weighted by molar-refractivity contribution is 5.52. The Labute approximate surface area is 170 Å². The maximum Gasteiger partial charge on any atom is 0.229 e. The van der Waals surface area contributed by atoms with Crippen molar-refractivity contribution in [1.29, 1.82) is 0 Å². The van der Waals surface area contributed by atoms with E-state index in [1.165, 1.54) is 30.3 Å². The molecule has 10 heteroatoms. The van der Waals surface area contributed by atoms with Crippen LogP contribution < -0.4 is 9.47 Å². The lowest BCUT2D eigenvalue weighted by Gasteiger charge is -2.32. The average molecular weight is 422 g/mol. The van der Waals surface area contributed by atoms with Gasteiger partial charge in [-0.1, -0.05) is 6.07 Å². The third kappa shape index (κ3) is 3.59. The molecule has 1 fully saturated rings. The van der Waals surface area contributed by atoms with Crippen LogP contribution >= 0.6 is 0 Å². The van der Waals surface area contributed by atoms with Crippen molar-refractivity contribution in [3.8, 4) is 28.7 Å². The van der Waals surface area contributed by atoms with E-state index in [2.05, 4.69) is 0 Å². The molecule has 2 aliphatic rings. The van der Waals surface area contributed by atoms with Gasteiger partial charge in [-0.15, -0.1) is 0 Å². The number of aliphatic hydroxyl groups is 4. The summed E-state index contributed by atoms with van der Waals surface area (Å²) < 4.78 is 16.6. The average Bonchev–Trinajstić information content (AvgIpc) is 2.98. The van der Waals surface area contributed by atoms with Crippen LogP contribution in [0.25, 0.3) is 0 Å². The fourth-order valence-corrected chi connectivity index (χ4v) is 3.62. The van der Waals surface area contributed by atoms with Gasteiger partial charge < -0.3 is 50.0 Å². The van der Waals surface area contributed by atoms with Crippen molar-refractivity contribution < 1.29 is 50.0 Å². The summed E-state index contributed by atoms with van der Waals surface area (Å²) in [6, 6.07) is 6.73. The number of hydrogen-bond donors (Lipinski definition) is 7. The number of benzene rings is 2. The molecule has 2 aliphatic heterocycles. The molecule has 0 spiro atoms. The van der Waals surface area contributed by atoms with E-state index in [1.807, 2.05) is 0 Å². The van der Waals surface area contributed by atoms with Crippen LogP contribution in [0.15, 0.2) is 30.3 Å². The number of phenolic OH excluding ortho intramolecular Hbond substituents is 3. The second-order valence-electron chi connectivity index (χ2n) is 7.30. The van der Waals surface area contributed by atoms with Gasteiger partial charge in [-0.3, -0.25) is 0 Å². The molecular formula is C20H22O10. The minimum Gasteiger partial charge on any atom is -0.507 e. The van der Waals surface area contributed by atoms with Gasteiger partial charge in [0.1, 0.15) is 41.7 Å². The van der Waals surface area contributed by atoms with Crippen molar-refractivity contribution in [3.63, 3.8) is 0 Å². The van der Waals surface area contributed by atoms with Gasteiger partial charge in [-0.25, -0.2) is 0 Å². The fraction of sp³-hybridized carbons (Fsp3) is 0.400. The second-order valence-corrected chi connectivity index (χ2v) is 7.30. The summed E-state index contributed by atoms with van der Waals surface area (Å²) >= 11 is 0. The number of aliphatic hydroxyl groups excluding tert-OH is 4. The summed E-state index contributed by atoms with van der Waals surface area (Å²) in [5, 5.41) is 69.0. The molecule has 0 radical (unpaired) electrons. The Balaban J connectivity index is 1.59. The second kappa shape index (κ2) is 7.82. The van der Waals surface area contributed by atoms with Crippen LogP contribution in [0.2, 0.25) is 0 Å². The van der Waals surface area contributed by atoms with Crippen molar-refractivity contribution in [2.75, 3.05) is 6.61 Å². The quantitative estimate of drug-likeness (QED) is 0.324. The van der Waals surface area contributed by atoms with Gasteiger partial charge in [0.05, 0.1) is 12.7 Å². The monoisotopic (exact) mass is 422 g/mol. The normalized spacial score (nSPS) is 30.5. The third-order valence-corrected chi connectivity index (χ3v) is 5.25. The van der Waals surface area contributed by atoms with Crippen LogP contribution in [-0.2, 0) is 11.2 Å². The number of fused-ring (bicyclic) bond motifs is 1. The predicted octanol–water partition coefficient (Wildman–Crippen LogP) is -0.342. The molecule has 2 heterocycles. The topological polar surface area (TPSA) is 169 Å². The van der Waals surface area contributed by atoms with Crippen LogP contribution in [0.1, 0.15) is 17.2 Å². The highest BCUT2D eigenvalue weighted by Crippen LogP contribution is 2.43.